The van der Waals surface area contributed by atoms with Gasteiger partial charge in [-0.05, 0) is 30.2 Å². The first-order chi connectivity index (χ1) is 14.4. The van der Waals surface area contributed by atoms with Gasteiger partial charge in [0.2, 0.25) is 0 Å². The summed E-state index contributed by atoms with van der Waals surface area (Å²) in [4.78, 5) is 38.2. The summed E-state index contributed by atoms with van der Waals surface area (Å²) in [7, 11) is 0. The SMILES string of the molecule is O=C(O)CC[C@H](c1ccc(F)cc1)N1CCN(C(=O)c2ccccc2[N+](=O)[O-])CC1. The van der Waals surface area contributed by atoms with E-state index in [0.29, 0.717) is 32.6 Å². The van der Waals surface area contributed by atoms with Crippen LogP contribution < -0.4 is 0 Å². The molecule has 1 heterocycles. The Labute approximate surface area is 172 Å². The topological polar surface area (TPSA) is 104 Å². The molecule has 0 unspecified atom stereocenters. The third-order valence-corrected chi connectivity index (χ3v) is 5.26. The number of piperazine rings is 1. The molecule has 8 nitrogen and oxygen atoms in total. The molecule has 0 saturated carbocycles. The summed E-state index contributed by atoms with van der Waals surface area (Å²) in [5.74, 6) is -1.67. The van der Waals surface area contributed by atoms with E-state index in [1.807, 2.05) is 0 Å². The summed E-state index contributed by atoms with van der Waals surface area (Å²) >= 11 is 0. The fraction of sp³-hybridized carbons (Fsp3) is 0.333. The van der Waals surface area contributed by atoms with Gasteiger partial charge in [-0.25, -0.2) is 4.39 Å². The highest BCUT2D eigenvalue weighted by Crippen LogP contribution is 2.28. The second-order valence-electron chi connectivity index (χ2n) is 7.10. The Kier molecular flexibility index (Phi) is 6.73. The fourth-order valence-corrected chi connectivity index (χ4v) is 3.73. The lowest BCUT2D eigenvalue weighted by atomic mass is 9.99. The molecule has 0 bridgehead atoms. The highest BCUT2D eigenvalue weighted by molar-refractivity contribution is 5.98. The van der Waals surface area contributed by atoms with Crippen molar-refractivity contribution < 1.29 is 24.0 Å². The number of nitro benzene ring substituents is 1. The first-order valence-electron chi connectivity index (χ1n) is 9.61. The van der Waals surface area contributed by atoms with Crippen LogP contribution in [0, 0.1) is 15.9 Å². The van der Waals surface area contributed by atoms with Gasteiger partial charge in [-0.2, -0.15) is 0 Å². The van der Waals surface area contributed by atoms with Gasteiger partial charge in [-0.1, -0.05) is 24.3 Å². The molecule has 2 aromatic rings. The second kappa shape index (κ2) is 9.45. The van der Waals surface area contributed by atoms with Crippen LogP contribution in [0.5, 0.6) is 0 Å². The predicted octanol–water partition coefficient (Wildman–Crippen LogP) is 3.10. The molecule has 9 heteroatoms. The number of hydrogen-bond acceptors (Lipinski definition) is 5. The molecule has 1 N–H and O–H groups in total. The van der Waals surface area contributed by atoms with Crippen molar-refractivity contribution in [3.63, 3.8) is 0 Å². The van der Waals surface area contributed by atoms with Gasteiger partial charge in [-0.3, -0.25) is 24.6 Å². The number of carboxylic acid groups (broad SMARTS) is 1. The molecule has 0 aliphatic carbocycles. The molecule has 1 saturated heterocycles. The van der Waals surface area contributed by atoms with Crippen LogP contribution in [0.25, 0.3) is 0 Å². The van der Waals surface area contributed by atoms with Crippen LogP contribution in [-0.4, -0.2) is 57.9 Å². The maximum Gasteiger partial charge on any atom is 0.303 e. The maximum atomic E-state index is 13.3. The van der Waals surface area contributed by atoms with Gasteiger partial charge in [-0.15, -0.1) is 0 Å². The normalized spacial score (nSPS) is 15.6. The third-order valence-electron chi connectivity index (χ3n) is 5.26. The molecule has 0 radical (unpaired) electrons. The van der Waals surface area contributed by atoms with Gasteiger partial charge in [0.05, 0.1) is 4.92 Å². The monoisotopic (exact) mass is 415 g/mol. The van der Waals surface area contributed by atoms with Gasteiger partial charge >= 0.3 is 5.97 Å². The Morgan fingerprint density at radius 2 is 1.70 bits per heavy atom. The standard InChI is InChI=1S/C21H22FN3O5/c22-16-7-5-15(6-8-16)18(9-10-20(26)27)23-11-13-24(14-12-23)21(28)17-3-1-2-4-19(17)25(29)30/h1-8,18H,9-14H2,(H,26,27)/t18-/m1/s1. The van der Waals surface area contributed by atoms with Crippen LogP contribution in [0.1, 0.15) is 34.8 Å². The summed E-state index contributed by atoms with van der Waals surface area (Å²) in [6, 6.07) is 11.6. The molecule has 1 aliphatic rings. The number of halogens is 1. The maximum absolute atomic E-state index is 13.3. The van der Waals surface area contributed by atoms with E-state index in [4.69, 9.17) is 5.11 Å². The minimum atomic E-state index is -0.910. The van der Waals surface area contributed by atoms with E-state index >= 15 is 0 Å². The zero-order valence-electron chi connectivity index (χ0n) is 16.2. The van der Waals surface area contributed by atoms with Crippen LogP contribution >= 0.6 is 0 Å². The summed E-state index contributed by atoms with van der Waals surface area (Å²) in [6.07, 6.45) is 0.330. The van der Waals surface area contributed by atoms with E-state index in [0.717, 1.165) is 5.56 Å². The Bertz CT molecular complexity index is 926. The summed E-state index contributed by atoms with van der Waals surface area (Å²) in [6.45, 7) is 1.67. The number of amides is 1. The number of aliphatic carboxylic acids is 1. The lowest BCUT2D eigenvalue weighted by Crippen LogP contribution is -2.49. The molecule has 0 spiro atoms. The first-order valence-corrected chi connectivity index (χ1v) is 9.61. The number of hydrogen-bond donors (Lipinski definition) is 1. The number of nitrogens with zero attached hydrogens (tertiary/aromatic N) is 3. The van der Waals surface area contributed by atoms with Crippen molar-refractivity contribution in [3.8, 4) is 0 Å². The Morgan fingerprint density at radius 3 is 2.30 bits per heavy atom. The molecule has 3 rings (SSSR count). The third kappa shape index (κ3) is 4.98. The van der Waals surface area contributed by atoms with E-state index < -0.39 is 16.8 Å². The number of para-hydroxylation sites is 1. The minimum Gasteiger partial charge on any atom is -0.481 e. The van der Waals surface area contributed by atoms with Gasteiger partial charge in [0.1, 0.15) is 11.4 Å². The highest BCUT2D eigenvalue weighted by Gasteiger charge is 2.30. The van der Waals surface area contributed by atoms with Crippen LogP contribution in [0.2, 0.25) is 0 Å². The Morgan fingerprint density at radius 1 is 1.07 bits per heavy atom. The van der Waals surface area contributed by atoms with Crippen molar-refractivity contribution in [2.45, 2.75) is 18.9 Å². The van der Waals surface area contributed by atoms with E-state index in [9.17, 15) is 24.1 Å². The summed E-state index contributed by atoms with van der Waals surface area (Å²) in [5.41, 5.74) is 0.642. The van der Waals surface area contributed by atoms with Crippen molar-refractivity contribution >= 4 is 17.6 Å². The zero-order chi connectivity index (χ0) is 21.7. The molecular formula is C21H22FN3O5. The number of nitro groups is 1. The fourth-order valence-electron chi connectivity index (χ4n) is 3.73. The number of rotatable bonds is 7. The van der Waals surface area contributed by atoms with Crippen LogP contribution in [-0.2, 0) is 4.79 Å². The Hall–Kier alpha value is -3.33. The van der Waals surface area contributed by atoms with Crippen molar-refractivity contribution in [3.05, 3.63) is 75.6 Å². The molecule has 1 atom stereocenters. The van der Waals surface area contributed by atoms with Gasteiger partial charge in [0, 0.05) is 44.7 Å². The van der Waals surface area contributed by atoms with Crippen LogP contribution in [0.4, 0.5) is 10.1 Å². The van der Waals surface area contributed by atoms with Crippen molar-refractivity contribution in [2.24, 2.45) is 0 Å². The lowest BCUT2D eigenvalue weighted by molar-refractivity contribution is -0.385. The highest BCUT2D eigenvalue weighted by atomic mass is 19.1. The molecule has 1 aliphatic heterocycles. The Balaban J connectivity index is 1.71. The lowest BCUT2D eigenvalue weighted by Gasteiger charge is -2.39. The summed E-state index contributed by atoms with van der Waals surface area (Å²) in [5, 5.41) is 20.3. The van der Waals surface area contributed by atoms with E-state index in [1.165, 1.54) is 30.3 Å². The van der Waals surface area contributed by atoms with E-state index in [2.05, 4.69) is 4.90 Å². The largest absolute Gasteiger partial charge is 0.481 e. The molecule has 30 heavy (non-hydrogen) atoms. The average molecular weight is 415 g/mol. The van der Waals surface area contributed by atoms with Gasteiger partial charge in [0.15, 0.2) is 0 Å². The summed E-state index contributed by atoms with van der Waals surface area (Å²) < 4.78 is 13.3. The average Bonchev–Trinajstić information content (AvgIpc) is 2.75. The quantitative estimate of drug-likeness (QED) is 0.550. The molecular weight excluding hydrogens is 393 g/mol. The number of carbonyl (C=O) groups excluding carboxylic acids is 1. The minimum absolute atomic E-state index is 0.0304. The van der Waals surface area contributed by atoms with E-state index in [1.54, 1.807) is 23.1 Å². The van der Waals surface area contributed by atoms with Crippen LogP contribution in [0.3, 0.4) is 0 Å². The molecule has 158 valence electrons. The first kappa shape index (κ1) is 21.4. The van der Waals surface area contributed by atoms with Crippen LogP contribution in [0.15, 0.2) is 48.5 Å². The van der Waals surface area contributed by atoms with Crippen molar-refractivity contribution in [1.29, 1.82) is 0 Å². The number of benzene rings is 2. The van der Waals surface area contributed by atoms with Gasteiger partial charge in [0.25, 0.3) is 11.6 Å². The molecule has 0 aromatic heterocycles. The van der Waals surface area contributed by atoms with Crippen molar-refractivity contribution in [2.75, 3.05) is 26.2 Å². The molecule has 1 amide bonds. The molecule has 1 fully saturated rings. The van der Waals surface area contributed by atoms with Gasteiger partial charge < -0.3 is 10.0 Å². The van der Waals surface area contributed by atoms with E-state index in [-0.39, 0.29) is 29.5 Å². The number of carbonyl (C=O) groups is 2. The smallest absolute Gasteiger partial charge is 0.303 e. The second-order valence-corrected chi connectivity index (χ2v) is 7.10. The van der Waals surface area contributed by atoms with Crippen molar-refractivity contribution in [1.82, 2.24) is 9.80 Å². The number of carboxylic acids is 1. The zero-order valence-corrected chi connectivity index (χ0v) is 16.2. The molecule has 2 aromatic carbocycles. The predicted molar refractivity (Wildman–Crippen MR) is 107 cm³/mol.